The molecule has 0 saturated carbocycles. The standard InChI is InChI=1S/C9H7ClO2.2BrH/c10-8-4-1-7(2-5-8)3-6-9(11)12;;/h1-6H,(H,11,12);2*1H/p-2. The van der Waals surface area contributed by atoms with Gasteiger partial charge in [0.1, 0.15) is 0 Å². The summed E-state index contributed by atoms with van der Waals surface area (Å²) in [5, 5.41) is 8.96. The molecule has 0 bridgehead atoms. The Labute approximate surface area is 108 Å². The maximum Gasteiger partial charge on any atom is 0.328 e. The summed E-state index contributed by atoms with van der Waals surface area (Å²) in [5.74, 6) is -0.954. The first-order valence-corrected chi connectivity index (χ1v) is 3.73. The van der Waals surface area contributed by atoms with E-state index in [4.69, 9.17) is 16.7 Å². The molecular formula is C9H7Br2ClO2-2. The van der Waals surface area contributed by atoms with Crippen molar-refractivity contribution in [3.05, 3.63) is 40.9 Å². The van der Waals surface area contributed by atoms with Crippen LogP contribution in [0.2, 0.25) is 5.02 Å². The van der Waals surface area contributed by atoms with E-state index in [1.807, 2.05) is 0 Å². The summed E-state index contributed by atoms with van der Waals surface area (Å²) in [6.07, 6.45) is 2.60. The van der Waals surface area contributed by atoms with E-state index in [1.165, 1.54) is 6.08 Å². The van der Waals surface area contributed by atoms with Crippen LogP contribution < -0.4 is 34.0 Å². The van der Waals surface area contributed by atoms with Crippen LogP contribution in [0.15, 0.2) is 30.3 Å². The van der Waals surface area contributed by atoms with E-state index < -0.39 is 5.97 Å². The molecule has 0 aliphatic rings. The van der Waals surface area contributed by atoms with E-state index in [-0.39, 0.29) is 34.0 Å². The Bertz CT molecular complexity index is 309. The summed E-state index contributed by atoms with van der Waals surface area (Å²) in [4.78, 5) is 10.1. The first kappa shape index (κ1) is 16.1. The molecule has 1 aromatic carbocycles. The molecule has 1 aromatic rings. The molecule has 0 aromatic heterocycles. The lowest BCUT2D eigenvalue weighted by Crippen LogP contribution is -3.00. The summed E-state index contributed by atoms with van der Waals surface area (Å²) in [6, 6.07) is 6.93. The van der Waals surface area contributed by atoms with Crippen LogP contribution in [0.3, 0.4) is 0 Å². The lowest BCUT2D eigenvalue weighted by atomic mass is 10.2. The summed E-state index contributed by atoms with van der Waals surface area (Å²) in [6.45, 7) is 0. The van der Waals surface area contributed by atoms with Crippen molar-refractivity contribution in [1.82, 2.24) is 0 Å². The Morgan fingerprint density at radius 1 is 1.21 bits per heavy atom. The van der Waals surface area contributed by atoms with Gasteiger partial charge < -0.3 is 39.1 Å². The molecule has 0 fully saturated rings. The highest BCUT2D eigenvalue weighted by Gasteiger charge is 1.89. The van der Waals surface area contributed by atoms with Crippen molar-refractivity contribution >= 4 is 23.6 Å². The van der Waals surface area contributed by atoms with Gasteiger partial charge in [0.25, 0.3) is 0 Å². The normalized spacial score (nSPS) is 8.93. The molecule has 0 radical (unpaired) electrons. The lowest BCUT2D eigenvalue weighted by molar-refractivity contribution is -0.131. The molecule has 0 aliphatic heterocycles. The Morgan fingerprint density at radius 2 is 1.71 bits per heavy atom. The monoisotopic (exact) mass is 340 g/mol. The molecule has 0 spiro atoms. The maximum absolute atomic E-state index is 10.1. The molecule has 0 unspecified atom stereocenters. The van der Waals surface area contributed by atoms with Crippen LogP contribution >= 0.6 is 11.6 Å². The Kier molecular flexibility index (Phi) is 9.24. The minimum Gasteiger partial charge on any atom is -1.00 e. The molecule has 0 saturated heterocycles. The number of rotatable bonds is 2. The number of carbonyl (C=O) groups is 1. The predicted octanol–water partition coefficient (Wildman–Crippen LogP) is -3.55. The van der Waals surface area contributed by atoms with E-state index >= 15 is 0 Å². The average Bonchev–Trinajstić information content (AvgIpc) is 2.03. The zero-order valence-corrected chi connectivity index (χ0v) is 10.9. The zero-order chi connectivity index (χ0) is 8.97. The molecule has 1 N–H and O–H groups in total. The second kappa shape index (κ2) is 8.03. The van der Waals surface area contributed by atoms with Crippen molar-refractivity contribution in [1.29, 1.82) is 0 Å². The summed E-state index contributed by atoms with van der Waals surface area (Å²) in [7, 11) is 0. The van der Waals surface area contributed by atoms with E-state index in [0.717, 1.165) is 11.6 Å². The van der Waals surface area contributed by atoms with Gasteiger partial charge in [-0.05, 0) is 23.8 Å². The summed E-state index contributed by atoms with van der Waals surface area (Å²) < 4.78 is 0. The van der Waals surface area contributed by atoms with Crippen LogP contribution in [-0.2, 0) is 4.79 Å². The zero-order valence-electron chi connectivity index (χ0n) is 6.95. The largest absolute Gasteiger partial charge is 1.00 e. The van der Waals surface area contributed by atoms with Crippen molar-refractivity contribution in [2.75, 3.05) is 0 Å². The van der Waals surface area contributed by atoms with E-state index in [9.17, 15) is 4.79 Å². The van der Waals surface area contributed by atoms with Crippen molar-refractivity contribution < 1.29 is 43.9 Å². The molecule has 2 nitrogen and oxygen atoms in total. The van der Waals surface area contributed by atoms with Gasteiger partial charge in [-0.1, -0.05) is 23.7 Å². The minimum absolute atomic E-state index is 0. The van der Waals surface area contributed by atoms with E-state index in [2.05, 4.69) is 0 Å². The van der Waals surface area contributed by atoms with Crippen LogP contribution in [0, 0.1) is 0 Å². The summed E-state index contributed by atoms with van der Waals surface area (Å²) >= 11 is 5.63. The number of carboxylic acid groups (broad SMARTS) is 1. The van der Waals surface area contributed by atoms with Crippen LogP contribution in [0.4, 0.5) is 0 Å². The van der Waals surface area contributed by atoms with Gasteiger partial charge in [-0.15, -0.1) is 0 Å². The SMILES string of the molecule is O=C(O)C=Cc1ccc(Cl)cc1.[Br-].[Br-]. The second-order valence-electron chi connectivity index (χ2n) is 2.22. The smallest absolute Gasteiger partial charge is 0.328 e. The number of carboxylic acids is 1. The molecular weight excluding hydrogens is 335 g/mol. The Morgan fingerprint density at radius 3 is 2.14 bits per heavy atom. The van der Waals surface area contributed by atoms with E-state index in [1.54, 1.807) is 24.3 Å². The number of aliphatic carboxylic acids is 1. The van der Waals surface area contributed by atoms with E-state index in [0.29, 0.717) is 5.02 Å². The molecule has 0 aliphatic carbocycles. The average molecular weight is 342 g/mol. The highest BCUT2D eigenvalue weighted by Crippen LogP contribution is 2.10. The van der Waals surface area contributed by atoms with Gasteiger partial charge in [0.05, 0.1) is 0 Å². The number of halogens is 3. The minimum atomic E-state index is -0.954. The third-order valence-corrected chi connectivity index (χ3v) is 1.54. The van der Waals surface area contributed by atoms with Gasteiger partial charge in [-0.3, -0.25) is 0 Å². The third kappa shape index (κ3) is 6.18. The van der Waals surface area contributed by atoms with Gasteiger partial charge in [0, 0.05) is 11.1 Å². The predicted molar refractivity (Wildman–Crippen MR) is 48.1 cm³/mol. The topological polar surface area (TPSA) is 37.3 Å². The highest BCUT2D eigenvalue weighted by molar-refractivity contribution is 6.30. The van der Waals surface area contributed by atoms with Crippen molar-refractivity contribution in [3.63, 3.8) is 0 Å². The molecule has 0 amide bonds. The molecule has 5 heteroatoms. The van der Waals surface area contributed by atoms with Gasteiger partial charge >= 0.3 is 5.97 Å². The van der Waals surface area contributed by atoms with Crippen LogP contribution in [0.25, 0.3) is 6.08 Å². The first-order valence-electron chi connectivity index (χ1n) is 3.35. The molecule has 0 heterocycles. The van der Waals surface area contributed by atoms with Crippen LogP contribution in [0.5, 0.6) is 0 Å². The fourth-order valence-corrected chi connectivity index (χ4v) is 0.867. The molecule has 78 valence electrons. The number of hydrogen-bond donors (Lipinski definition) is 1. The first-order chi connectivity index (χ1) is 5.68. The Hall–Kier alpha value is -0.320. The fraction of sp³-hybridized carbons (Fsp3) is 0. The van der Waals surface area contributed by atoms with Crippen LogP contribution in [0.1, 0.15) is 5.56 Å². The number of benzene rings is 1. The van der Waals surface area contributed by atoms with Crippen molar-refractivity contribution in [2.45, 2.75) is 0 Å². The van der Waals surface area contributed by atoms with Gasteiger partial charge in [0.2, 0.25) is 0 Å². The van der Waals surface area contributed by atoms with Gasteiger partial charge in [-0.25, -0.2) is 4.79 Å². The molecule has 1 rings (SSSR count). The lowest BCUT2D eigenvalue weighted by Gasteiger charge is -1.91. The van der Waals surface area contributed by atoms with Crippen molar-refractivity contribution in [2.24, 2.45) is 0 Å². The maximum atomic E-state index is 10.1. The fourth-order valence-electron chi connectivity index (χ4n) is 0.741. The third-order valence-electron chi connectivity index (χ3n) is 1.29. The highest BCUT2D eigenvalue weighted by atomic mass is 79.9. The van der Waals surface area contributed by atoms with Crippen LogP contribution in [-0.4, -0.2) is 11.1 Å². The summed E-state index contributed by atoms with van der Waals surface area (Å²) in [5.41, 5.74) is 0.821. The second-order valence-corrected chi connectivity index (χ2v) is 2.66. The quantitative estimate of drug-likeness (QED) is 0.565. The van der Waals surface area contributed by atoms with Gasteiger partial charge in [0.15, 0.2) is 0 Å². The van der Waals surface area contributed by atoms with Gasteiger partial charge in [-0.2, -0.15) is 0 Å². The number of hydrogen-bond acceptors (Lipinski definition) is 1. The molecule has 0 atom stereocenters. The Balaban J connectivity index is 0. The molecule has 14 heavy (non-hydrogen) atoms. The van der Waals surface area contributed by atoms with Crippen molar-refractivity contribution in [3.8, 4) is 0 Å².